The Morgan fingerprint density at radius 3 is 2.77 bits per heavy atom. The first-order valence-corrected chi connectivity index (χ1v) is 4.41. The van der Waals surface area contributed by atoms with Gasteiger partial charge in [0.1, 0.15) is 0 Å². The van der Waals surface area contributed by atoms with E-state index in [1.165, 1.54) is 10.9 Å². The van der Waals surface area contributed by atoms with Gasteiger partial charge >= 0.3 is 0 Å². The van der Waals surface area contributed by atoms with Crippen molar-refractivity contribution in [1.82, 2.24) is 4.57 Å². The van der Waals surface area contributed by atoms with E-state index in [9.17, 15) is 5.11 Å². The van der Waals surface area contributed by atoms with Crippen molar-refractivity contribution in [2.24, 2.45) is 7.05 Å². The molecule has 0 fully saturated rings. The van der Waals surface area contributed by atoms with Gasteiger partial charge in [-0.05, 0) is 36.1 Å². The highest BCUT2D eigenvalue weighted by molar-refractivity contribution is 5.80. The zero-order valence-electron chi connectivity index (χ0n) is 7.86. The average molecular weight is 175 g/mol. The molecule has 2 rings (SSSR count). The van der Waals surface area contributed by atoms with Crippen LogP contribution in [-0.4, -0.2) is 9.67 Å². The van der Waals surface area contributed by atoms with Crippen molar-refractivity contribution in [1.29, 1.82) is 0 Å². The highest BCUT2D eigenvalue weighted by Crippen LogP contribution is 2.20. The molecule has 13 heavy (non-hydrogen) atoms. The monoisotopic (exact) mass is 175 g/mol. The molecule has 0 saturated heterocycles. The van der Waals surface area contributed by atoms with Crippen molar-refractivity contribution in [3.63, 3.8) is 0 Å². The summed E-state index contributed by atoms with van der Waals surface area (Å²) in [6.07, 6.45) is 1.64. The number of nitrogens with zero attached hydrogens (tertiary/aromatic N) is 1. The molecule has 0 amide bonds. The normalized spacial score (nSPS) is 13.5. The minimum atomic E-state index is -0.385. The minimum absolute atomic E-state index is 0.385. The zero-order chi connectivity index (χ0) is 9.42. The Kier molecular flexibility index (Phi) is 1.85. The van der Waals surface area contributed by atoms with Gasteiger partial charge in [-0.2, -0.15) is 0 Å². The van der Waals surface area contributed by atoms with Crippen LogP contribution in [0.25, 0.3) is 10.9 Å². The maximum Gasteiger partial charge on any atom is 0.0762 e. The fourth-order valence-corrected chi connectivity index (χ4v) is 1.56. The molecule has 0 spiro atoms. The highest BCUT2D eigenvalue weighted by Gasteiger charge is 2.02. The van der Waals surface area contributed by atoms with Crippen LogP contribution < -0.4 is 0 Å². The zero-order valence-corrected chi connectivity index (χ0v) is 7.86. The summed E-state index contributed by atoms with van der Waals surface area (Å²) < 4.78 is 2.07. The maximum atomic E-state index is 9.38. The molecule has 1 aromatic carbocycles. The summed E-state index contributed by atoms with van der Waals surface area (Å²) >= 11 is 0. The van der Waals surface area contributed by atoms with Gasteiger partial charge in [-0.1, -0.05) is 6.07 Å². The second-order valence-electron chi connectivity index (χ2n) is 3.42. The molecule has 2 nitrogen and oxygen atoms in total. The third-order valence-electron chi connectivity index (χ3n) is 2.39. The lowest BCUT2D eigenvalue weighted by Gasteiger charge is -2.04. The number of hydrogen-bond acceptors (Lipinski definition) is 1. The van der Waals surface area contributed by atoms with E-state index < -0.39 is 0 Å². The lowest BCUT2D eigenvalue weighted by atomic mass is 10.1. The first-order valence-electron chi connectivity index (χ1n) is 4.41. The van der Waals surface area contributed by atoms with E-state index in [-0.39, 0.29) is 6.10 Å². The second kappa shape index (κ2) is 2.89. The van der Waals surface area contributed by atoms with E-state index in [1.807, 2.05) is 31.4 Å². The van der Waals surface area contributed by atoms with Crippen LogP contribution in [0.15, 0.2) is 30.5 Å². The molecular formula is C11H13NO. The van der Waals surface area contributed by atoms with Crippen molar-refractivity contribution < 1.29 is 5.11 Å². The van der Waals surface area contributed by atoms with E-state index in [0.29, 0.717) is 0 Å². The fourth-order valence-electron chi connectivity index (χ4n) is 1.56. The molecule has 0 radical (unpaired) electrons. The Balaban J connectivity index is 2.63. The van der Waals surface area contributed by atoms with Crippen LogP contribution in [0.3, 0.4) is 0 Å². The predicted molar refractivity (Wildman–Crippen MR) is 53.6 cm³/mol. The van der Waals surface area contributed by atoms with Gasteiger partial charge in [0.05, 0.1) is 6.10 Å². The van der Waals surface area contributed by atoms with Gasteiger partial charge in [-0.25, -0.2) is 0 Å². The van der Waals surface area contributed by atoms with Crippen LogP contribution in [0, 0.1) is 0 Å². The Morgan fingerprint density at radius 1 is 1.31 bits per heavy atom. The third kappa shape index (κ3) is 1.33. The van der Waals surface area contributed by atoms with E-state index in [1.54, 1.807) is 6.92 Å². The molecule has 2 heteroatoms. The largest absolute Gasteiger partial charge is 0.389 e. The maximum absolute atomic E-state index is 9.38. The number of fused-ring (bicyclic) bond motifs is 1. The quantitative estimate of drug-likeness (QED) is 0.706. The van der Waals surface area contributed by atoms with Crippen LogP contribution in [-0.2, 0) is 7.05 Å². The number of benzene rings is 1. The van der Waals surface area contributed by atoms with E-state index in [4.69, 9.17) is 0 Å². The number of hydrogen-bond donors (Lipinski definition) is 1. The first-order chi connectivity index (χ1) is 6.18. The topological polar surface area (TPSA) is 25.2 Å². The molecule has 1 aromatic heterocycles. The van der Waals surface area contributed by atoms with Crippen LogP contribution in [0.5, 0.6) is 0 Å². The van der Waals surface area contributed by atoms with Crippen molar-refractivity contribution >= 4 is 10.9 Å². The molecule has 68 valence electrons. The summed E-state index contributed by atoms with van der Waals surface area (Å²) in [7, 11) is 2.02. The summed E-state index contributed by atoms with van der Waals surface area (Å²) in [5, 5.41) is 10.6. The number of aryl methyl sites for hydroxylation is 1. The van der Waals surface area contributed by atoms with Gasteiger partial charge in [0.25, 0.3) is 0 Å². The van der Waals surface area contributed by atoms with E-state index in [2.05, 4.69) is 10.6 Å². The van der Waals surface area contributed by atoms with Crippen LogP contribution in [0.2, 0.25) is 0 Å². The number of aliphatic hydroxyl groups is 1. The summed E-state index contributed by atoms with van der Waals surface area (Å²) in [5.74, 6) is 0. The van der Waals surface area contributed by atoms with E-state index in [0.717, 1.165) is 5.56 Å². The molecule has 1 atom stereocenters. The Hall–Kier alpha value is -1.28. The van der Waals surface area contributed by atoms with Crippen molar-refractivity contribution in [3.05, 3.63) is 36.0 Å². The molecule has 1 heterocycles. The Morgan fingerprint density at radius 2 is 2.08 bits per heavy atom. The Labute approximate surface area is 77.4 Å². The summed E-state index contributed by atoms with van der Waals surface area (Å²) in [6, 6.07) is 8.09. The standard InChI is InChI=1S/C11H13NO/c1-8(13)9-3-4-11-10(7-9)5-6-12(11)2/h3-8,13H,1-2H3. The van der Waals surface area contributed by atoms with Crippen LogP contribution >= 0.6 is 0 Å². The SMILES string of the molecule is CC(O)c1ccc2c(ccn2C)c1. The van der Waals surface area contributed by atoms with Gasteiger partial charge in [-0.15, -0.1) is 0 Å². The molecule has 1 N–H and O–H groups in total. The third-order valence-corrected chi connectivity index (χ3v) is 2.39. The van der Waals surface area contributed by atoms with Gasteiger partial charge in [0, 0.05) is 18.8 Å². The fraction of sp³-hybridized carbons (Fsp3) is 0.273. The highest BCUT2D eigenvalue weighted by atomic mass is 16.3. The smallest absolute Gasteiger partial charge is 0.0762 e. The lowest BCUT2D eigenvalue weighted by Crippen LogP contribution is -1.90. The van der Waals surface area contributed by atoms with Crippen molar-refractivity contribution in [2.45, 2.75) is 13.0 Å². The minimum Gasteiger partial charge on any atom is -0.389 e. The molecule has 0 saturated carbocycles. The molecule has 0 aliphatic rings. The molecular weight excluding hydrogens is 162 g/mol. The lowest BCUT2D eigenvalue weighted by molar-refractivity contribution is 0.199. The predicted octanol–water partition coefficient (Wildman–Crippen LogP) is 2.23. The van der Waals surface area contributed by atoms with E-state index >= 15 is 0 Å². The van der Waals surface area contributed by atoms with Gasteiger partial charge < -0.3 is 9.67 Å². The molecule has 1 unspecified atom stereocenters. The molecule has 0 bridgehead atoms. The summed E-state index contributed by atoms with van der Waals surface area (Å²) in [4.78, 5) is 0. The summed E-state index contributed by atoms with van der Waals surface area (Å²) in [5.41, 5.74) is 2.17. The number of aromatic nitrogens is 1. The molecule has 2 aromatic rings. The number of aliphatic hydroxyl groups excluding tert-OH is 1. The molecule has 0 aliphatic carbocycles. The van der Waals surface area contributed by atoms with Gasteiger partial charge in [0.15, 0.2) is 0 Å². The number of rotatable bonds is 1. The van der Waals surface area contributed by atoms with Gasteiger partial charge in [0.2, 0.25) is 0 Å². The van der Waals surface area contributed by atoms with Crippen molar-refractivity contribution in [2.75, 3.05) is 0 Å². The van der Waals surface area contributed by atoms with Crippen LogP contribution in [0.1, 0.15) is 18.6 Å². The average Bonchev–Trinajstić information content (AvgIpc) is 2.47. The summed E-state index contributed by atoms with van der Waals surface area (Å²) in [6.45, 7) is 1.78. The van der Waals surface area contributed by atoms with Crippen molar-refractivity contribution in [3.8, 4) is 0 Å². The first kappa shape index (κ1) is 8.32. The van der Waals surface area contributed by atoms with Gasteiger partial charge in [-0.3, -0.25) is 0 Å². The van der Waals surface area contributed by atoms with Crippen LogP contribution in [0.4, 0.5) is 0 Å². The molecule has 0 aliphatic heterocycles. The Bertz CT molecular complexity index is 429. The second-order valence-corrected chi connectivity index (χ2v) is 3.42.